The molecule has 0 aromatic heterocycles. The van der Waals surface area contributed by atoms with Gasteiger partial charge in [-0.15, -0.1) is 0 Å². The second kappa shape index (κ2) is 7.06. The zero-order valence-corrected chi connectivity index (χ0v) is 11.9. The van der Waals surface area contributed by atoms with E-state index in [9.17, 15) is 0 Å². The van der Waals surface area contributed by atoms with Crippen LogP contribution < -0.4 is 0 Å². The summed E-state index contributed by atoms with van der Waals surface area (Å²) in [6, 6.07) is 16.5. The van der Waals surface area contributed by atoms with Gasteiger partial charge in [-0.2, -0.15) is 17.2 Å². The average Bonchev–Trinajstić information content (AvgIpc) is 3.24. The van der Waals surface area contributed by atoms with Gasteiger partial charge in [0.2, 0.25) is 0 Å². The molecule has 2 aromatic rings. The Bertz CT molecular complexity index is 407. The van der Waals surface area contributed by atoms with Gasteiger partial charge in [-0.3, -0.25) is 0 Å². The third-order valence-electron chi connectivity index (χ3n) is 3.26. The van der Waals surface area contributed by atoms with Crippen molar-refractivity contribution in [3.8, 4) is 0 Å². The van der Waals surface area contributed by atoms with E-state index in [4.69, 9.17) is 9.47 Å². The van der Waals surface area contributed by atoms with Crippen LogP contribution >= 0.6 is 0 Å². The second-order valence-electron chi connectivity index (χ2n) is 4.86. The van der Waals surface area contributed by atoms with Gasteiger partial charge in [0.05, 0.1) is 25.4 Å². The molecule has 2 nitrogen and oxygen atoms in total. The molecule has 2 aliphatic heterocycles. The molecule has 0 aliphatic carbocycles. The normalized spacial score (nSPS) is 22.9. The molecule has 108 valence electrons. The molecule has 0 N–H and O–H groups in total. The van der Waals surface area contributed by atoms with Gasteiger partial charge in [0.25, 0.3) is 0 Å². The Morgan fingerprint density at radius 1 is 1.05 bits per heavy atom. The number of ether oxygens (including phenoxy) is 2. The van der Waals surface area contributed by atoms with E-state index in [1.54, 1.807) is 0 Å². The summed E-state index contributed by atoms with van der Waals surface area (Å²) in [6.45, 7) is 1.90. The van der Waals surface area contributed by atoms with Crippen molar-refractivity contribution in [3.63, 3.8) is 0 Å². The Hall–Kier alpha value is -0.861. The zero-order chi connectivity index (χ0) is 12.2. The van der Waals surface area contributed by atoms with Gasteiger partial charge in [0.1, 0.15) is 0 Å². The van der Waals surface area contributed by atoms with Crippen LogP contribution in [0.4, 0.5) is 0 Å². The van der Waals surface area contributed by atoms with Crippen LogP contribution in [0.5, 0.6) is 0 Å². The quantitative estimate of drug-likeness (QED) is 0.492. The third-order valence-corrected chi connectivity index (χ3v) is 3.26. The first kappa shape index (κ1) is 14.5. The Kier molecular flexibility index (Phi) is 5.41. The molecular weight excluding hydrogens is 280 g/mol. The summed E-state index contributed by atoms with van der Waals surface area (Å²) in [5, 5.41) is 0. The van der Waals surface area contributed by atoms with Gasteiger partial charge in [-0.1, -0.05) is 0 Å². The van der Waals surface area contributed by atoms with Crippen molar-refractivity contribution >= 4 is 0 Å². The maximum absolute atomic E-state index is 5.23. The van der Waals surface area contributed by atoms with E-state index in [1.807, 2.05) is 30.3 Å². The molecule has 19 heavy (non-hydrogen) atoms. The van der Waals surface area contributed by atoms with Crippen molar-refractivity contribution in [3.05, 3.63) is 59.7 Å². The minimum atomic E-state index is 0. The molecule has 2 unspecified atom stereocenters. The molecule has 3 heteroatoms. The van der Waals surface area contributed by atoms with Crippen molar-refractivity contribution in [1.29, 1.82) is 0 Å². The molecule has 0 saturated carbocycles. The van der Waals surface area contributed by atoms with Crippen molar-refractivity contribution in [1.82, 2.24) is 0 Å². The average molecular weight is 298 g/mol. The van der Waals surface area contributed by atoms with E-state index in [0.717, 1.165) is 26.1 Å². The molecule has 0 spiro atoms. The molecule has 2 aromatic carbocycles. The van der Waals surface area contributed by atoms with Gasteiger partial charge in [-0.05, 0) is 12.8 Å². The third kappa shape index (κ3) is 4.96. The fourth-order valence-corrected chi connectivity index (χ4v) is 2.08. The fraction of sp³-hybridized carbons (Fsp3) is 0.375. The van der Waals surface area contributed by atoms with Crippen LogP contribution in [0.15, 0.2) is 48.5 Å². The van der Waals surface area contributed by atoms with Crippen LogP contribution in [0.25, 0.3) is 0 Å². The summed E-state index contributed by atoms with van der Waals surface area (Å²) in [6.07, 6.45) is 3.19. The maximum Gasteiger partial charge on any atom is 0.0829 e. The summed E-state index contributed by atoms with van der Waals surface area (Å²) in [7, 11) is 0. The van der Waals surface area contributed by atoms with Gasteiger partial charge in [0, 0.05) is 17.1 Å². The summed E-state index contributed by atoms with van der Waals surface area (Å²) >= 11 is 0. The molecule has 2 heterocycles. The Balaban J connectivity index is 0.000000190. The van der Waals surface area contributed by atoms with E-state index in [0.29, 0.717) is 12.2 Å². The molecule has 0 amide bonds. The Morgan fingerprint density at radius 2 is 1.63 bits per heavy atom. The van der Waals surface area contributed by atoms with E-state index < -0.39 is 0 Å². The van der Waals surface area contributed by atoms with Crippen molar-refractivity contribution in [2.45, 2.75) is 25.0 Å². The van der Waals surface area contributed by atoms with E-state index in [2.05, 4.69) is 18.2 Å². The molecule has 4 rings (SSSR count). The molecule has 0 bridgehead atoms. The van der Waals surface area contributed by atoms with Crippen molar-refractivity contribution in [2.75, 3.05) is 13.2 Å². The molecule has 2 fully saturated rings. The Morgan fingerprint density at radius 3 is 2.16 bits per heavy atom. The topological polar surface area (TPSA) is 25.1 Å². The van der Waals surface area contributed by atoms with Gasteiger partial charge in [0.15, 0.2) is 0 Å². The molecule has 2 saturated heterocycles. The molecule has 2 atom stereocenters. The monoisotopic (exact) mass is 298 g/mol. The minimum absolute atomic E-state index is 0. The Labute approximate surface area is 124 Å². The molecule has 2 aliphatic rings. The number of epoxide rings is 2. The first-order valence-electron chi connectivity index (χ1n) is 6.55. The first-order valence-corrected chi connectivity index (χ1v) is 6.55. The van der Waals surface area contributed by atoms with E-state index >= 15 is 0 Å². The number of rotatable bonds is 4. The predicted octanol–water partition coefficient (Wildman–Crippen LogP) is 2.69. The van der Waals surface area contributed by atoms with Crippen LogP contribution in [-0.4, -0.2) is 25.4 Å². The van der Waals surface area contributed by atoms with Crippen molar-refractivity contribution in [2.24, 2.45) is 0 Å². The van der Waals surface area contributed by atoms with Crippen LogP contribution in [-0.2, 0) is 39.4 Å². The summed E-state index contributed by atoms with van der Waals surface area (Å²) in [5.74, 6) is 0. The van der Waals surface area contributed by atoms with Gasteiger partial charge < -0.3 is 39.8 Å². The predicted molar refractivity (Wildman–Crippen MR) is 71.0 cm³/mol. The van der Waals surface area contributed by atoms with Crippen LogP contribution in [0, 0.1) is 0 Å². The van der Waals surface area contributed by atoms with Gasteiger partial charge >= 0.3 is 0 Å². The fourth-order valence-electron chi connectivity index (χ4n) is 2.08. The standard InChI is InChI=1S/C11H13O2.C5H5.Fe/c1-2-8(4-10-6-12-10)9(3-1)5-11-7-13-11;1-2-4-5-3-1;/h1-3,10-11H,4-7H2;1-5H;/q-1;-5;. The van der Waals surface area contributed by atoms with Gasteiger partial charge in [-0.25, -0.2) is 12.1 Å². The summed E-state index contributed by atoms with van der Waals surface area (Å²) < 4.78 is 10.5. The number of hydrogen-bond donors (Lipinski definition) is 0. The largest absolute Gasteiger partial charge is 0.748 e. The number of hydrogen-bond acceptors (Lipinski definition) is 2. The van der Waals surface area contributed by atoms with E-state index in [1.165, 1.54) is 11.1 Å². The smallest absolute Gasteiger partial charge is 0.0829 e. The molecular formula is C16H18FeO2-6. The van der Waals surface area contributed by atoms with Crippen LogP contribution in [0.3, 0.4) is 0 Å². The maximum atomic E-state index is 5.23. The zero-order valence-electron chi connectivity index (χ0n) is 10.8. The summed E-state index contributed by atoms with van der Waals surface area (Å²) in [4.78, 5) is 0. The SMILES string of the molecule is [Fe].[cH-]1[cH-][cH-][cH-][cH-]1.c1cc(CC2CO2)[c-](CC2CO2)c1. The molecule has 0 radical (unpaired) electrons. The van der Waals surface area contributed by atoms with E-state index in [-0.39, 0.29) is 17.1 Å². The second-order valence-corrected chi connectivity index (χ2v) is 4.86. The van der Waals surface area contributed by atoms with Crippen LogP contribution in [0.1, 0.15) is 11.1 Å². The first-order chi connectivity index (χ1) is 8.92. The van der Waals surface area contributed by atoms with Crippen LogP contribution in [0.2, 0.25) is 0 Å². The minimum Gasteiger partial charge on any atom is -0.748 e. The van der Waals surface area contributed by atoms with Crippen molar-refractivity contribution < 1.29 is 26.5 Å². The summed E-state index contributed by atoms with van der Waals surface area (Å²) in [5.41, 5.74) is 2.91.